The molecule has 0 unspecified atom stereocenters. The van der Waals surface area contributed by atoms with Crippen molar-refractivity contribution in [3.63, 3.8) is 0 Å². The smallest absolute Gasteiger partial charge is 0.329 e. The van der Waals surface area contributed by atoms with Crippen LogP contribution in [0, 0.1) is 19.8 Å². The minimum Gasteiger partial charge on any atom is -0.497 e. The molecule has 0 aliphatic carbocycles. The molecular formula is C24H30N2O5. The van der Waals surface area contributed by atoms with E-state index in [-0.39, 0.29) is 5.92 Å². The van der Waals surface area contributed by atoms with Crippen molar-refractivity contribution in [3.8, 4) is 5.75 Å². The molecule has 2 atom stereocenters. The largest absolute Gasteiger partial charge is 0.497 e. The zero-order chi connectivity index (χ0) is 23.1. The Morgan fingerprint density at radius 3 is 2.16 bits per heavy atom. The summed E-state index contributed by atoms with van der Waals surface area (Å²) < 4.78 is 10.5. The second-order valence-corrected chi connectivity index (χ2v) is 7.81. The summed E-state index contributed by atoms with van der Waals surface area (Å²) in [5, 5.41) is 5.48. The predicted molar refractivity (Wildman–Crippen MR) is 119 cm³/mol. The topological polar surface area (TPSA) is 93.7 Å². The molecule has 2 N–H and O–H groups in total. The summed E-state index contributed by atoms with van der Waals surface area (Å²) in [5.74, 6) is -1.12. The number of amides is 2. The number of hydrogen-bond donors (Lipinski definition) is 2. The molecule has 0 saturated carbocycles. The highest BCUT2D eigenvalue weighted by Crippen LogP contribution is 2.17. The van der Waals surface area contributed by atoms with Crippen LogP contribution >= 0.6 is 0 Å². The standard InChI is InChI=1S/C24H30N2O5/c1-14(2)21(26-23(28)18-9-11-19(30-6)12-10-18)24(29)31-17(5)22(27)25-20-13-15(3)7-8-16(20)4/h7-14,17,21H,1-6H3,(H,25,27)(H,26,28)/t17-,21-/m0/s1. The molecule has 0 spiro atoms. The van der Waals surface area contributed by atoms with Gasteiger partial charge in [-0.25, -0.2) is 4.79 Å². The molecule has 2 amide bonds. The van der Waals surface area contributed by atoms with Crippen LogP contribution in [-0.4, -0.2) is 37.0 Å². The van der Waals surface area contributed by atoms with Gasteiger partial charge in [-0.3, -0.25) is 9.59 Å². The third kappa shape index (κ3) is 6.57. The zero-order valence-electron chi connectivity index (χ0n) is 18.8. The number of rotatable bonds is 8. The van der Waals surface area contributed by atoms with Crippen molar-refractivity contribution >= 4 is 23.5 Å². The quantitative estimate of drug-likeness (QED) is 0.629. The molecule has 7 heteroatoms. The maximum atomic E-state index is 12.7. The van der Waals surface area contributed by atoms with Crippen molar-refractivity contribution < 1.29 is 23.9 Å². The maximum absolute atomic E-state index is 12.7. The van der Waals surface area contributed by atoms with Crippen LogP contribution in [-0.2, 0) is 14.3 Å². The van der Waals surface area contributed by atoms with Crippen molar-refractivity contribution in [2.75, 3.05) is 12.4 Å². The molecule has 166 valence electrons. The molecule has 0 aliphatic heterocycles. The van der Waals surface area contributed by atoms with E-state index in [1.54, 1.807) is 38.1 Å². The van der Waals surface area contributed by atoms with Gasteiger partial charge in [0, 0.05) is 11.3 Å². The average molecular weight is 427 g/mol. The third-order valence-electron chi connectivity index (χ3n) is 4.87. The second-order valence-electron chi connectivity index (χ2n) is 7.81. The van der Waals surface area contributed by atoms with Crippen molar-refractivity contribution in [1.29, 1.82) is 0 Å². The van der Waals surface area contributed by atoms with E-state index >= 15 is 0 Å². The van der Waals surface area contributed by atoms with Crippen LogP contribution in [0.5, 0.6) is 5.75 Å². The van der Waals surface area contributed by atoms with E-state index in [0.717, 1.165) is 11.1 Å². The molecule has 0 radical (unpaired) electrons. The molecule has 2 rings (SSSR count). The van der Waals surface area contributed by atoms with Gasteiger partial charge < -0.3 is 20.1 Å². The number of hydrogen-bond acceptors (Lipinski definition) is 5. The van der Waals surface area contributed by atoms with Crippen LogP contribution in [0.15, 0.2) is 42.5 Å². The van der Waals surface area contributed by atoms with Crippen molar-refractivity contribution in [1.82, 2.24) is 5.32 Å². The summed E-state index contributed by atoms with van der Waals surface area (Å²) in [6, 6.07) is 11.4. The summed E-state index contributed by atoms with van der Waals surface area (Å²) in [4.78, 5) is 37.8. The molecule has 2 aromatic carbocycles. The minimum absolute atomic E-state index is 0.232. The molecule has 2 aromatic rings. The lowest BCUT2D eigenvalue weighted by molar-refractivity contribution is -0.156. The van der Waals surface area contributed by atoms with Crippen LogP contribution in [0.4, 0.5) is 5.69 Å². The molecule has 7 nitrogen and oxygen atoms in total. The van der Waals surface area contributed by atoms with Gasteiger partial charge in [0.2, 0.25) is 0 Å². The number of carbonyl (C=O) groups is 3. The van der Waals surface area contributed by atoms with E-state index in [1.165, 1.54) is 14.0 Å². The number of benzene rings is 2. The van der Waals surface area contributed by atoms with Gasteiger partial charge in [0.15, 0.2) is 6.10 Å². The van der Waals surface area contributed by atoms with Gasteiger partial charge in [0.1, 0.15) is 11.8 Å². The number of carbonyl (C=O) groups excluding carboxylic acids is 3. The van der Waals surface area contributed by atoms with Crippen LogP contribution in [0.1, 0.15) is 42.3 Å². The van der Waals surface area contributed by atoms with E-state index in [0.29, 0.717) is 17.0 Å². The van der Waals surface area contributed by atoms with Crippen molar-refractivity contribution in [2.45, 2.75) is 46.8 Å². The van der Waals surface area contributed by atoms with E-state index in [1.807, 2.05) is 32.0 Å². The summed E-state index contributed by atoms with van der Waals surface area (Å²) in [6.07, 6.45) is -1.02. The van der Waals surface area contributed by atoms with E-state index in [2.05, 4.69) is 10.6 Å². The summed E-state index contributed by atoms with van der Waals surface area (Å²) in [7, 11) is 1.54. The molecule has 0 heterocycles. The normalized spacial score (nSPS) is 12.6. The molecule has 0 saturated heterocycles. The molecular weight excluding hydrogens is 396 g/mol. The Kier molecular flexibility index (Phi) is 8.19. The molecule has 0 aliphatic rings. The fourth-order valence-electron chi connectivity index (χ4n) is 2.87. The lowest BCUT2D eigenvalue weighted by Gasteiger charge is -2.23. The average Bonchev–Trinajstić information content (AvgIpc) is 2.73. The van der Waals surface area contributed by atoms with E-state index in [4.69, 9.17) is 9.47 Å². The summed E-state index contributed by atoms with van der Waals surface area (Å²) in [6.45, 7) is 8.90. The number of aryl methyl sites for hydroxylation is 2. The Balaban J connectivity index is 2.02. The van der Waals surface area contributed by atoms with Crippen LogP contribution in [0.25, 0.3) is 0 Å². The van der Waals surface area contributed by atoms with Gasteiger partial charge in [-0.05, 0) is 68.1 Å². The Morgan fingerprint density at radius 2 is 1.58 bits per heavy atom. The highest BCUT2D eigenvalue weighted by atomic mass is 16.5. The first-order chi connectivity index (χ1) is 14.6. The van der Waals surface area contributed by atoms with Crippen molar-refractivity contribution in [3.05, 3.63) is 59.2 Å². The zero-order valence-corrected chi connectivity index (χ0v) is 18.8. The monoisotopic (exact) mass is 426 g/mol. The number of esters is 1. The first-order valence-electron chi connectivity index (χ1n) is 10.2. The highest BCUT2D eigenvalue weighted by Gasteiger charge is 2.29. The highest BCUT2D eigenvalue weighted by molar-refractivity contribution is 5.98. The Labute approximate surface area is 183 Å². The SMILES string of the molecule is COc1ccc(C(=O)N[C@H](C(=O)O[C@@H](C)C(=O)Nc2cc(C)ccc2C)C(C)C)cc1. The van der Waals surface area contributed by atoms with E-state index < -0.39 is 29.9 Å². The third-order valence-corrected chi connectivity index (χ3v) is 4.87. The maximum Gasteiger partial charge on any atom is 0.329 e. The number of methoxy groups -OCH3 is 1. The Morgan fingerprint density at radius 1 is 0.935 bits per heavy atom. The summed E-state index contributed by atoms with van der Waals surface area (Å²) in [5.41, 5.74) is 2.97. The van der Waals surface area contributed by atoms with Crippen LogP contribution in [0.3, 0.4) is 0 Å². The predicted octanol–water partition coefficient (Wildman–Crippen LogP) is 3.64. The van der Waals surface area contributed by atoms with Gasteiger partial charge in [-0.1, -0.05) is 26.0 Å². The van der Waals surface area contributed by atoms with Gasteiger partial charge in [-0.2, -0.15) is 0 Å². The molecule has 0 aromatic heterocycles. The number of anilines is 1. The lowest BCUT2D eigenvalue weighted by Crippen LogP contribution is -2.47. The molecule has 31 heavy (non-hydrogen) atoms. The van der Waals surface area contributed by atoms with Crippen LogP contribution in [0.2, 0.25) is 0 Å². The minimum atomic E-state index is -1.02. The molecule has 0 bridgehead atoms. The van der Waals surface area contributed by atoms with Gasteiger partial charge in [0.05, 0.1) is 7.11 Å². The first kappa shape index (κ1) is 23.9. The summed E-state index contributed by atoms with van der Waals surface area (Å²) >= 11 is 0. The van der Waals surface area contributed by atoms with Gasteiger partial charge >= 0.3 is 5.97 Å². The number of ether oxygens (including phenoxy) is 2. The molecule has 0 fully saturated rings. The van der Waals surface area contributed by atoms with Crippen molar-refractivity contribution in [2.24, 2.45) is 5.92 Å². The van der Waals surface area contributed by atoms with Gasteiger partial charge in [-0.15, -0.1) is 0 Å². The number of nitrogens with one attached hydrogen (secondary N) is 2. The second kappa shape index (κ2) is 10.6. The van der Waals surface area contributed by atoms with E-state index in [9.17, 15) is 14.4 Å². The van der Waals surface area contributed by atoms with Gasteiger partial charge in [0.25, 0.3) is 11.8 Å². The lowest BCUT2D eigenvalue weighted by atomic mass is 10.0. The van der Waals surface area contributed by atoms with Crippen LogP contribution < -0.4 is 15.4 Å². The Bertz CT molecular complexity index is 937. The fraction of sp³-hybridized carbons (Fsp3) is 0.375. The Hall–Kier alpha value is -3.35. The first-order valence-corrected chi connectivity index (χ1v) is 10.2. The fourth-order valence-corrected chi connectivity index (χ4v) is 2.87.